The van der Waals surface area contributed by atoms with Crippen LogP contribution in [0, 0.1) is 0 Å². The molecule has 0 amide bonds. The predicted octanol–water partition coefficient (Wildman–Crippen LogP) is 4.11. The van der Waals surface area contributed by atoms with Gasteiger partial charge in [0.05, 0.1) is 0 Å². The smallest absolute Gasteiger partial charge is 0.123 e. The van der Waals surface area contributed by atoms with Gasteiger partial charge in [0.1, 0.15) is 11.4 Å². The Morgan fingerprint density at radius 1 is 1.20 bits per heavy atom. The molecule has 0 fully saturated rings. The van der Waals surface area contributed by atoms with E-state index in [2.05, 4.69) is 59.5 Å². The van der Waals surface area contributed by atoms with Crippen LogP contribution in [0.3, 0.4) is 0 Å². The molecule has 116 valence electrons. The Morgan fingerprint density at radius 3 is 2.25 bits per heavy atom. The Bertz CT molecular complexity index is 377. The third kappa shape index (κ3) is 6.72. The summed E-state index contributed by atoms with van der Waals surface area (Å²) in [5.41, 5.74) is 6.78. The van der Waals surface area contributed by atoms with Gasteiger partial charge in [-0.15, -0.1) is 0 Å². The minimum atomic E-state index is -0.186. The zero-order chi connectivity index (χ0) is 15.6. The molecular weight excluding hydrogens is 265 g/mol. The predicted molar refractivity (Wildman–Crippen MR) is 94.0 cm³/mol. The summed E-state index contributed by atoms with van der Waals surface area (Å²) < 4.78 is 6.13. The van der Waals surface area contributed by atoms with Gasteiger partial charge in [-0.2, -0.15) is 0 Å². The molecule has 0 heterocycles. The first-order valence-electron chi connectivity index (χ1n) is 7.64. The number of hydrogen-bond donors (Lipinski definition) is 1. The molecule has 0 radical (unpaired) electrons. The van der Waals surface area contributed by atoms with Crippen LogP contribution in [-0.4, -0.2) is 18.8 Å². The van der Waals surface area contributed by atoms with Crippen LogP contribution in [0.15, 0.2) is 18.2 Å². The van der Waals surface area contributed by atoms with Gasteiger partial charge in [0.15, 0.2) is 0 Å². The normalized spacial score (nSPS) is 11.3. The Labute approximate surface area is 127 Å². The summed E-state index contributed by atoms with van der Waals surface area (Å²) in [6.07, 6.45) is 3.14. The van der Waals surface area contributed by atoms with Gasteiger partial charge in [-0.1, -0.05) is 47.9 Å². The molecule has 2 N–H and O–H groups in total. The average Bonchev–Trinajstić information content (AvgIpc) is 2.38. The Kier molecular flexibility index (Phi) is 9.88. The van der Waals surface area contributed by atoms with Crippen LogP contribution in [0.25, 0.3) is 0 Å². The highest BCUT2D eigenvalue weighted by molar-refractivity contribution is 7.46. The molecule has 20 heavy (non-hydrogen) atoms. The number of rotatable bonds is 6. The highest BCUT2D eigenvalue weighted by atomic mass is 31.1. The minimum Gasteiger partial charge on any atom is -0.488 e. The van der Waals surface area contributed by atoms with Crippen molar-refractivity contribution in [3.63, 3.8) is 0 Å². The molecule has 0 aliphatic heterocycles. The van der Waals surface area contributed by atoms with Crippen molar-refractivity contribution in [1.29, 1.82) is 0 Å². The van der Waals surface area contributed by atoms with Gasteiger partial charge in [0, 0.05) is 5.56 Å². The molecule has 0 saturated carbocycles. The molecule has 1 aromatic carbocycles. The quantitative estimate of drug-likeness (QED) is 0.802. The lowest BCUT2D eigenvalue weighted by Crippen LogP contribution is -2.31. The maximum absolute atomic E-state index is 6.13. The van der Waals surface area contributed by atoms with Crippen LogP contribution in [0.5, 0.6) is 5.75 Å². The summed E-state index contributed by atoms with van der Waals surface area (Å²) >= 11 is 0. The minimum absolute atomic E-state index is 0.186. The van der Waals surface area contributed by atoms with E-state index in [4.69, 9.17) is 10.5 Å². The van der Waals surface area contributed by atoms with Crippen molar-refractivity contribution in [2.45, 2.75) is 59.5 Å². The number of ether oxygens (including phenoxy) is 1. The van der Waals surface area contributed by atoms with E-state index < -0.39 is 0 Å². The van der Waals surface area contributed by atoms with Crippen molar-refractivity contribution in [3.05, 3.63) is 23.8 Å². The van der Waals surface area contributed by atoms with Crippen molar-refractivity contribution < 1.29 is 4.74 Å². The molecule has 3 heteroatoms. The first-order valence-corrected chi connectivity index (χ1v) is 9.14. The van der Waals surface area contributed by atoms with E-state index in [1.807, 2.05) is 0 Å². The van der Waals surface area contributed by atoms with Crippen LogP contribution < -0.4 is 15.8 Å². The monoisotopic (exact) mass is 297 g/mol. The van der Waals surface area contributed by atoms with Gasteiger partial charge in [0.25, 0.3) is 0 Å². The topological polar surface area (TPSA) is 35.2 Å². The summed E-state index contributed by atoms with van der Waals surface area (Å²) in [6.45, 7) is 13.5. The molecule has 2 nitrogen and oxygen atoms in total. The van der Waals surface area contributed by atoms with Gasteiger partial charge < -0.3 is 10.5 Å². The second kappa shape index (κ2) is 10.2. The number of benzene rings is 1. The molecule has 0 bridgehead atoms. The second-order valence-corrected chi connectivity index (χ2v) is 6.53. The summed E-state index contributed by atoms with van der Waals surface area (Å²) in [6, 6.07) is 6.35. The Morgan fingerprint density at radius 2 is 1.80 bits per heavy atom. The largest absolute Gasteiger partial charge is 0.488 e. The second-order valence-electron chi connectivity index (χ2n) is 5.49. The lowest BCUT2D eigenvalue weighted by Gasteiger charge is -2.28. The fraction of sp³-hybridized carbons (Fsp3) is 0.647. The van der Waals surface area contributed by atoms with Gasteiger partial charge in [0.2, 0.25) is 0 Å². The highest BCUT2D eigenvalue weighted by Gasteiger charge is 2.20. The third-order valence-electron chi connectivity index (χ3n) is 2.89. The number of nitrogens with two attached hydrogens (primary N) is 1. The zero-order valence-electron chi connectivity index (χ0n) is 14.0. The number of hydrogen-bond acceptors (Lipinski definition) is 2. The molecule has 0 aromatic heterocycles. The van der Waals surface area contributed by atoms with Gasteiger partial charge >= 0.3 is 0 Å². The van der Waals surface area contributed by atoms with E-state index in [1.165, 1.54) is 17.3 Å². The van der Waals surface area contributed by atoms with E-state index in [9.17, 15) is 0 Å². The highest BCUT2D eigenvalue weighted by Crippen LogP contribution is 2.26. The molecular formula is C17H32NOP. The maximum atomic E-state index is 6.13. The zero-order valence-corrected chi connectivity index (χ0v) is 15.0. The summed E-state index contributed by atoms with van der Waals surface area (Å²) in [7, 11) is 0.815. The first kappa shape index (κ1) is 19.4. The molecule has 0 aliphatic carbocycles. The summed E-state index contributed by atoms with van der Waals surface area (Å²) in [5.74, 6) is 1.03. The molecule has 1 unspecified atom stereocenters. The van der Waals surface area contributed by atoms with Gasteiger partial charge in [-0.25, -0.2) is 0 Å². The van der Waals surface area contributed by atoms with Gasteiger partial charge in [-0.3, -0.25) is 0 Å². The summed E-state index contributed by atoms with van der Waals surface area (Å²) in [5, 5.41) is 1.41. The van der Waals surface area contributed by atoms with Crippen LogP contribution in [0.2, 0.25) is 0 Å². The van der Waals surface area contributed by atoms with Crippen LogP contribution >= 0.6 is 8.58 Å². The van der Waals surface area contributed by atoms with Crippen molar-refractivity contribution in [2.75, 3.05) is 13.2 Å². The van der Waals surface area contributed by atoms with Crippen molar-refractivity contribution in [3.8, 4) is 5.75 Å². The Balaban J connectivity index is 0.00000110. The van der Waals surface area contributed by atoms with E-state index in [0.29, 0.717) is 6.54 Å². The molecule has 0 spiro atoms. The van der Waals surface area contributed by atoms with E-state index in [1.54, 1.807) is 0 Å². The van der Waals surface area contributed by atoms with E-state index in [-0.39, 0.29) is 5.60 Å². The Hall–Kier alpha value is -0.590. The fourth-order valence-electron chi connectivity index (χ4n) is 1.96. The molecule has 1 rings (SSSR count). The van der Waals surface area contributed by atoms with Crippen LogP contribution in [0.1, 0.15) is 53.0 Å². The average molecular weight is 297 g/mol. The van der Waals surface area contributed by atoms with E-state index in [0.717, 1.165) is 27.2 Å². The molecule has 1 atom stereocenters. The molecule has 0 saturated heterocycles. The van der Waals surface area contributed by atoms with Crippen molar-refractivity contribution >= 4 is 13.9 Å². The third-order valence-corrected chi connectivity index (χ3v) is 3.90. The first-order chi connectivity index (χ1) is 9.45. The van der Waals surface area contributed by atoms with Crippen molar-refractivity contribution in [2.24, 2.45) is 5.73 Å². The standard InChI is InChI=1S/C14H24NOP.C3H8/c1-5-11-12(7-6-8-13(11)17-4)16-14(2,3)9-10-15;1-3-2/h6-8,17H,5,9-10,15H2,1-4H3;3H2,1-2H3. The SMILES string of the molecule is CCC.CCc1c(OC(C)(C)CCN)cccc1PC. The molecule has 0 aliphatic rings. The maximum Gasteiger partial charge on any atom is 0.123 e. The van der Waals surface area contributed by atoms with Gasteiger partial charge in [-0.05, 0) is 51.3 Å². The molecule has 1 aromatic rings. The lowest BCUT2D eigenvalue weighted by molar-refractivity contribution is 0.101. The summed E-state index contributed by atoms with van der Waals surface area (Å²) in [4.78, 5) is 0. The lowest BCUT2D eigenvalue weighted by atomic mass is 10.0. The van der Waals surface area contributed by atoms with Crippen LogP contribution in [-0.2, 0) is 6.42 Å². The fourth-order valence-corrected chi connectivity index (χ4v) is 2.82. The van der Waals surface area contributed by atoms with Crippen molar-refractivity contribution in [1.82, 2.24) is 0 Å². The van der Waals surface area contributed by atoms with E-state index >= 15 is 0 Å². The van der Waals surface area contributed by atoms with Crippen LogP contribution in [0.4, 0.5) is 0 Å².